The molecule has 0 radical (unpaired) electrons. The summed E-state index contributed by atoms with van der Waals surface area (Å²) < 4.78 is 10.7. The Morgan fingerprint density at radius 1 is 1.14 bits per heavy atom. The molecule has 154 valence electrons. The maximum absolute atomic E-state index is 11.7. The molecule has 0 fully saturated rings. The molecule has 0 heterocycles. The predicted molar refractivity (Wildman–Crippen MR) is 112 cm³/mol. The van der Waals surface area contributed by atoms with E-state index < -0.39 is 11.8 Å². The van der Waals surface area contributed by atoms with Crippen LogP contribution in [0.15, 0.2) is 47.6 Å². The summed E-state index contributed by atoms with van der Waals surface area (Å²) in [5.41, 5.74) is 3.59. The van der Waals surface area contributed by atoms with E-state index in [2.05, 4.69) is 15.8 Å². The largest absolute Gasteiger partial charge is 0.488 e. The molecule has 0 saturated heterocycles. The fraction of sp³-hybridized carbons (Fsp3) is 0.250. The summed E-state index contributed by atoms with van der Waals surface area (Å²) in [6.07, 6.45) is 2.01. The molecular weight excluding hydrogens is 417 g/mol. The summed E-state index contributed by atoms with van der Waals surface area (Å²) in [5.74, 6) is -1.08. The van der Waals surface area contributed by atoms with Gasteiger partial charge >= 0.3 is 11.8 Å². The summed E-state index contributed by atoms with van der Waals surface area (Å²) in [5, 5.41) is 7.34. The number of ether oxygens (including phenoxy) is 2. The van der Waals surface area contributed by atoms with Crippen molar-refractivity contribution in [3.63, 3.8) is 0 Å². The number of hydrogen-bond acceptors (Lipinski definition) is 5. The molecule has 0 aliphatic rings. The standard InChI is InChI=1S/C20H21Cl2N3O4/c1-28-10-4-9-23-19(26)20(27)25-24-12-14-5-2-3-6-18(14)29-13-15-7-8-16(21)11-17(15)22/h2-3,5-8,11-12H,4,9-10,13H2,1H3,(H,23,26)(H,25,27)/b24-12-. The lowest BCUT2D eigenvalue weighted by molar-refractivity contribution is -0.139. The van der Waals surface area contributed by atoms with Crippen LogP contribution >= 0.6 is 23.2 Å². The van der Waals surface area contributed by atoms with E-state index in [1.54, 1.807) is 43.5 Å². The smallest absolute Gasteiger partial charge is 0.329 e. The van der Waals surface area contributed by atoms with Crippen LogP contribution in [0.5, 0.6) is 5.75 Å². The van der Waals surface area contributed by atoms with Crippen LogP contribution in [0, 0.1) is 0 Å². The zero-order chi connectivity index (χ0) is 21.1. The Bertz CT molecular complexity index is 875. The maximum Gasteiger partial charge on any atom is 0.329 e. The SMILES string of the molecule is COCCCNC(=O)C(=O)N/N=C\c1ccccc1OCc1ccc(Cl)cc1Cl. The molecule has 0 aliphatic heterocycles. The van der Waals surface area contributed by atoms with E-state index in [4.69, 9.17) is 32.7 Å². The van der Waals surface area contributed by atoms with Gasteiger partial charge in [-0.3, -0.25) is 9.59 Å². The first-order chi connectivity index (χ1) is 14.0. The van der Waals surface area contributed by atoms with Crippen LogP contribution in [0.4, 0.5) is 0 Å². The number of halogens is 2. The number of benzene rings is 2. The number of hydrazone groups is 1. The number of amides is 2. The van der Waals surface area contributed by atoms with Crippen LogP contribution in [0.1, 0.15) is 17.5 Å². The van der Waals surface area contributed by atoms with Gasteiger partial charge in [0.1, 0.15) is 12.4 Å². The Labute approximate surface area is 179 Å². The molecule has 2 aromatic carbocycles. The van der Waals surface area contributed by atoms with Gasteiger partial charge in [0, 0.05) is 41.4 Å². The van der Waals surface area contributed by atoms with Crippen molar-refractivity contribution in [3.8, 4) is 5.75 Å². The third-order valence-electron chi connectivity index (χ3n) is 3.70. The third-order valence-corrected chi connectivity index (χ3v) is 4.29. The molecule has 0 saturated carbocycles. The van der Waals surface area contributed by atoms with E-state index >= 15 is 0 Å². The van der Waals surface area contributed by atoms with Gasteiger partial charge in [-0.25, -0.2) is 5.43 Å². The Balaban J connectivity index is 1.91. The molecule has 0 atom stereocenters. The van der Waals surface area contributed by atoms with Crippen LogP contribution in [0.3, 0.4) is 0 Å². The Kier molecular flexibility index (Phi) is 9.43. The van der Waals surface area contributed by atoms with E-state index in [9.17, 15) is 9.59 Å². The minimum Gasteiger partial charge on any atom is -0.488 e. The third kappa shape index (κ3) is 7.73. The molecular formula is C20H21Cl2N3O4. The molecule has 0 unspecified atom stereocenters. The second kappa shape index (κ2) is 12.1. The fourth-order valence-corrected chi connectivity index (χ4v) is 2.69. The molecule has 0 spiro atoms. The highest BCUT2D eigenvalue weighted by atomic mass is 35.5. The summed E-state index contributed by atoms with van der Waals surface area (Å²) in [4.78, 5) is 23.4. The second-order valence-corrected chi connectivity index (χ2v) is 6.71. The monoisotopic (exact) mass is 437 g/mol. The zero-order valence-electron chi connectivity index (χ0n) is 15.8. The normalized spacial score (nSPS) is 10.7. The van der Waals surface area contributed by atoms with Gasteiger partial charge in [0.2, 0.25) is 0 Å². The first kappa shape index (κ1) is 22.7. The molecule has 0 aromatic heterocycles. The van der Waals surface area contributed by atoms with Crippen molar-refractivity contribution in [1.29, 1.82) is 0 Å². The quantitative estimate of drug-likeness (QED) is 0.273. The summed E-state index contributed by atoms with van der Waals surface area (Å²) in [6.45, 7) is 1.07. The number of para-hydroxylation sites is 1. The van der Waals surface area contributed by atoms with Crippen molar-refractivity contribution in [2.45, 2.75) is 13.0 Å². The van der Waals surface area contributed by atoms with E-state index in [1.807, 2.05) is 6.07 Å². The minimum atomic E-state index is -0.856. The topological polar surface area (TPSA) is 89.0 Å². The highest BCUT2D eigenvalue weighted by Gasteiger charge is 2.11. The van der Waals surface area contributed by atoms with Crippen LogP contribution in [-0.2, 0) is 20.9 Å². The van der Waals surface area contributed by atoms with Crippen molar-refractivity contribution in [1.82, 2.24) is 10.7 Å². The summed E-state index contributed by atoms with van der Waals surface area (Å²) in [7, 11) is 1.56. The highest BCUT2D eigenvalue weighted by molar-refractivity contribution is 6.35. The first-order valence-electron chi connectivity index (χ1n) is 8.77. The average Bonchev–Trinajstić information content (AvgIpc) is 2.71. The van der Waals surface area contributed by atoms with E-state index in [-0.39, 0.29) is 6.61 Å². The predicted octanol–water partition coefficient (Wildman–Crippen LogP) is 3.18. The van der Waals surface area contributed by atoms with Gasteiger partial charge in [0.15, 0.2) is 0 Å². The van der Waals surface area contributed by atoms with Crippen molar-refractivity contribution < 1.29 is 19.1 Å². The number of hydrogen-bond donors (Lipinski definition) is 2. The van der Waals surface area contributed by atoms with Gasteiger partial charge in [-0.2, -0.15) is 5.10 Å². The molecule has 0 aliphatic carbocycles. The summed E-state index contributed by atoms with van der Waals surface area (Å²) in [6, 6.07) is 12.3. The van der Waals surface area contributed by atoms with Gasteiger partial charge in [-0.1, -0.05) is 41.4 Å². The molecule has 7 nitrogen and oxygen atoms in total. The Morgan fingerprint density at radius 3 is 2.69 bits per heavy atom. The first-order valence-corrected chi connectivity index (χ1v) is 9.52. The van der Waals surface area contributed by atoms with Crippen molar-refractivity contribution >= 4 is 41.2 Å². The van der Waals surface area contributed by atoms with Gasteiger partial charge in [0.05, 0.1) is 6.21 Å². The summed E-state index contributed by atoms with van der Waals surface area (Å²) >= 11 is 12.0. The van der Waals surface area contributed by atoms with Crippen molar-refractivity contribution in [3.05, 3.63) is 63.6 Å². The fourth-order valence-electron chi connectivity index (χ4n) is 2.22. The maximum atomic E-state index is 11.7. The molecule has 29 heavy (non-hydrogen) atoms. The van der Waals surface area contributed by atoms with E-state index in [0.717, 1.165) is 5.56 Å². The lowest BCUT2D eigenvalue weighted by Gasteiger charge is -2.10. The second-order valence-electron chi connectivity index (χ2n) is 5.86. The molecule has 2 N–H and O–H groups in total. The molecule has 2 rings (SSSR count). The van der Waals surface area contributed by atoms with E-state index in [0.29, 0.717) is 40.9 Å². The van der Waals surface area contributed by atoms with Crippen LogP contribution in [-0.4, -0.2) is 38.3 Å². The van der Waals surface area contributed by atoms with Gasteiger partial charge in [0.25, 0.3) is 0 Å². The van der Waals surface area contributed by atoms with Gasteiger partial charge in [-0.15, -0.1) is 0 Å². The minimum absolute atomic E-state index is 0.233. The number of methoxy groups -OCH3 is 1. The lowest BCUT2D eigenvalue weighted by atomic mass is 10.2. The number of nitrogens with zero attached hydrogens (tertiary/aromatic N) is 1. The molecule has 0 bridgehead atoms. The van der Waals surface area contributed by atoms with Crippen molar-refractivity contribution in [2.75, 3.05) is 20.3 Å². The number of rotatable bonds is 9. The van der Waals surface area contributed by atoms with Crippen LogP contribution in [0.25, 0.3) is 0 Å². The van der Waals surface area contributed by atoms with Gasteiger partial charge in [-0.05, 0) is 30.7 Å². The van der Waals surface area contributed by atoms with E-state index in [1.165, 1.54) is 6.21 Å². The Hall–Kier alpha value is -2.61. The zero-order valence-corrected chi connectivity index (χ0v) is 17.3. The Morgan fingerprint density at radius 2 is 1.93 bits per heavy atom. The molecule has 9 heteroatoms. The molecule has 2 aromatic rings. The number of carbonyl (C=O) groups excluding carboxylic acids is 2. The average molecular weight is 438 g/mol. The number of carbonyl (C=O) groups is 2. The van der Waals surface area contributed by atoms with Gasteiger partial charge < -0.3 is 14.8 Å². The van der Waals surface area contributed by atoms with Crippen LogP contribution < -0.4 is 15.5 Å². The van der Waals surface area contributed by atoms with Crippen LogP contribution in [0.2, 0.25) is 10.0 Å². The molecule has 2 amide bonds. The lowest BCUT2D eigenvalue weighted by Crippen LogP contribution is -2.38. The van der Waals surface area contributed by atoms with Crippen molar-refractivity contribution in [2.24, 2.45) is 5.10 Å². The highest BCUT2D eigenvalue weighted by Crippen LogP contribution is 2.23. The number of nitrogens with one attached hydrogen (secondary N) is 2.